The van der Waals surface area contributed by atoms with Gasteiger partial charge in [-0.3, -0.25) is 4.79 Å². The fraction of sp³-hybridized carbons (Fsp3) is 0.467. The van der Waals surface area contributed by atoms with E-state index in [0.717, 1.165) is 12.1 Å². The second kappa shape index (κ2) is 7.71. The quantitative estimate of drug-likeness (QED) is 0.819. The number of esters is 1. The Balaban J connectivity index is 2.73. The summed E-state index contributed by atoms with van der Waals surface area (Å²) in [5, 5.41) is 2.57. The van der Waals surface area contributed by atoms with E-state index in [1.807, 2.05) is 13.8 Å². The molecule has 4 nitrogen and oxygen atoms in total. The SMILES string of the molecule is CC[C@@H](C)[C@H](NC(=O)Cc1ccc(F)c(F)c1)C(=O)OC. The Hall–Kier alpha value is -1.98. The molecule has 0 spiro atoms. The van der Waals surface area contributed by atoms with Gasteiger partial charge < -0.3 is 10.1 Å². The zero-order chi connectivity index (χ0) is 16.0. The van der Waals surface area contributed by atoms with E-state index in [9.17, 15) is 18.4 Å². The highest BCUT2D eigenvalue weighted by Crippen LogP contribution is 2.12. The van der Waals surface area contributed by atoms with E-state index < -0.39 is 29.6 Å². The highest BCUT2D eigenvalue weighted by molar-refractivity contribution is 5.85. The molecule has 0 aromatic heterocycles. The molecule has 1 amide bonds. The zero-order valence-corrected chi connectivity index (χ0v) is 12.3. The van der Waals surface area contributed by atoms with Crippen LogP contribution in [-0.2, 0) is 20.7 Å². The Morgan fingerprint density at radius 2 is 1.95 bits per heavy atom. The minimum absolute atomic E-state index is 0.0913. The molecule has 0 radical (unpaired) electrons. The Kier molecular flexibility index (Phi) is 6.27. The van der Waals surface area contributed by atoms with E-state index in [-0.39, 0.29) is 12.3 Å². The van der Waals surface area contributed by atoms with Crippen LogP contribution in [0.15, 0.2) is 18.2 Å². The van der Waals surface area contributed by atoms with Gasteiger partial charge in [-0.1, -0.05) is 26.3 Å². The van der Waals surface area contributed by atoms with Gasteiger partial charge in [0.25, 0.3) is 0 Å². The van der Waals surface area contributed by atoms with Crippen LogP contribution >= 0.6 is 0 Å². The van der Waals surface area contributed by atoms with Crippen molar-refractivity contribution in [3.05, 3.63) is 35.4 Å². The maximum Gasteiger partial charge on any atom is 0.328 e. The lowest BCUT2D eigenvalue weighted by Gasteiger charge is -2.21. The summed E-state index contributed by atoms with van der Waals surface area (Å²) in [5.74, 6) is -3.04. The number of rotatable bonds is 6. The first-order valence-corrected chi connectivity index (χ1v) is 6.70. The van der Waals surface area contributed by atoms with Crippen molar-refractivity contribution in [2.24, 2.45) is 5.92 Å². The van der Waals surface area contributed by atoms with Crippen molar-refractivity contribution in [1.29, 1.82) is 0 Å². The minimum Gasteiger partial charge on any atom is -0.467 e. The topological polar surface area (TPSA) is 55.4 Å². The highest BCUT2D eigenvalue weighted by Gasteiger charge is 2.26. The maximum absolute atomic E-state index is 13.1. The molecule has 0 saturated heterocycles. The lowest BCUT2D eigenvalue weighted by molar-refractivity contribution is -0.146. The molecule has 0 bridgehead atoms. The standard InChI is InChI=1S/C15H19F2NO3/c1-4-9(2)14(15(20)21-3)18-13(19)8-10-5-6-11(16)12(17)7-10/h5-7,9,14H,4,8H2,1-3H3,(H,18,19)/t9-,14+/m1/s1. The number of hydrogen-bond donors (Lipinski definition) is 1. The lowest BCUT2D eigenvalue weighted by atomic mass is 9.99. The van der Waals surface area contributed by atoms with Crippen molar-refractivity contribution in [2.45, 2.75) is 32.7 Å². The molecule has 0 saturated carbocycles. The first kappa shape index (κ1) is 17.1. The number of amides is 1. The molecule has 0 fully saturated rings. The normalized spacial score (nSPS) is 13.4. The van der Waals surface area contributed by atoms with Crippen LogP contribution in [0.25, 0.3) is 0 Å². The summed E-state index contributed by atoms with van der Waals surface area (Å²) >= 11 is 0. The second-order valence-corrected chi connectivity index (χ2v) is 4.88. The molecule has 21 heavy (non-hydrogen) atoms. The van der Waals surface area contributed by atoms with Crippen molar-refractivity contribution in [3.8, 4) is 0 Å². The van der Waals surface area contributed by atoms with Crippen LogP contribution in [0.1, 0.15) is 25.8 Å². The van der Waals surface area contributed by atoms with E-state index >= 15 is 0 Å². The van der Waals surface area contributed by atoms with Crippen molar-refractivity contribution >= 4 is 11.9 Å². The number of nitrogens with one attached hydrogen (secondary N) is 1. The predicted molar refractivity (Wildman–Crippen MR) is 73.5 cm³/mol. The molecule has 1 aromatic rings. The number of benzene rings is 1. The van der Waals surface area contributed by atoms with E-state index in [0.29, 0.717) is 12.0 Å². The van der Waals surface area contributed by atoms with Gasteiger partial charge in [0.15, 0.2) is 11.6 Å². The molecule has 0 unspecified atom stereocenters. The van der Waals surface area contributed by atoms with E-state index in [2.05, 4.69) is 10.1 Å². The van der Waals surface area contributed by atoms with E-state index in [4.69, 9.17) is 0 Å². The summed E-state index contributed by atoms with van der Waals surface area (Å²) in [6.07, 6.45) is 0.548. The third-order valence-corrected chi connectivity index (χ3v) is 3.33. The van der Waals surface area contributed by atoms with Gasteiger partial charge >= 0.3 is 5.97 Å². The largest absolute Gasteiger partial charge is 0.467 e. The number of ether oxygens (including phenoxy) is 1. The number of methoxy groups -OCH3 is 1. The molecule has 1 N–H and O–H groups in total. The number of carbonyl (C=O) groups excluding carboxylic acids is 2. The average molecular weight is 299 g/mol. The van der Waals surface area contributed by atoms with Gasteiger partial charge in [-0.15, -0.1) is 0 Å². The van der Waals surface area contributed by atoms with Crippen molar-refractivity contribution in [1.82, 2.24) is 5.32 Å². The Morgan fingerprint density at radius 3 is 2.48 bits per heavy atom. The van der Waals surface area contributed by atoms with Gasteiger partial charge in [-0.25, -0.2) is 13.6 Å². The van der Waals surface area contributed by atoms with Crippen LogP contribution in [0.4, 0.5) is 8.78 Å². The molecule has 2 atom stereocenters. The van der Waals surface area contributed by atoms with Gasteiger partial charge in [0.05, 0.1) is 13.5 Å². The van der Waals surface area contributed by atoms with Gasteiger partial charge in [0.2, 0.25) is 5.91 Å². The number of hydrogen-bond acceptors (Lipinski definition) is 3. The summed E-state index contributed by atoms with van der Waals surface area (Å²) in [5.41, 5.74) is 0.333. The Labute approximate surface area is 122 Å². The summed E-state index contributed by atoms with van der Waals surface area (Å²) in [4.78, 5) is 23.6. The molecular weight excluding hydrogens is 280 g/mol. The lowest BCUT2D eigenvalue weighted by Crippen LogP contribution is -2.46. The van der Waals surface area contributed by atoms with Gasteiger partial charge in [0.1, 0.15) is 6.04 Å². The first-order valence-electron chi connectivity index (χ1n) is 6.70. The third kappa shape index (κ3) is 4.81. The van der Waals surface area contributed by atoms with Crippen LogP contribution < -0.4 is 5.32 Å². The molecule has 0 heterocycles. The van der Waals surface area contributed by atoms with Crippen LogP contribution in [-0.4, -0.2) is 25.0 Å². The number of carbonyl (C=O) groups is 2. The molecule has 116 valence electrons. The Morgan fingerprint density at radius 1 is 1.29 bits per heavy atom. The first-order chi connectivity index (χ1) is 9.88. The zero-order valence-electron chi connectivity index (χ0n) is 12.3. The minimum atomic E-state index is -1.01. The summed E-state index contributed by atoms with van der Waals surface area (Å²) < 4.78 is 30.5. The molecule has 1 aromatic carbocycles. The smallest absolute Gasteiger partial charge is 0.328 e. The summed E-state index contributed by atoms with van der Waals surface area (Å²) in [7, 11) is 1.25. The van der Waals surface area contributed by atoms with Crippen LogP contribution in [0.2, 0.25) is 0 Å². The molecule has 1 rings (SSSR count). The van der Waals surface area contributed by atoms with Gasteiger partial charge in [-0.05, 0) is 23.6 Å². The second-order valence-electron chi connectivity index (χ2n) is 4.88. The molecular formula is C15H19F2NO3. The monoisotopic (exact) mass is 299 g/mol. The Bertz CT molecular complexity index is 520. The molecule has 0 aliphatic carbocycles. The third-order valence-electron chi connectivity index (χ3n) is 3.33. The van der Waals surface area contributed by atoms with E-state index in [1.165, 1.54) is 13.2 Å². The van der Waals surface area contributed by atoms with Gasteiger partial charge in [-0.2, -0.15) is 0 Å². The summed E-state index contributed by atoms with van der Waals surface area (Å²) in [6, 6.07) is 2.50. The highest BCUT2D eigenvalue weighted by atomic mass is 19.2. The molecule has 0 aliphatic rings. The molecule has 0 aliphatic heterocycles. The fourth-order valence-electron chi connectivity index (χ4n) is 1.86. The maximum atomic E-state index is 13.1. The van der Waals surface area contributed by atoms with Crippen LogP contribution in [0, 0.1) is 17.6 Å². The fourth-order valence-corrected chi connectivity index (χ4v) is 1.86. The van der Waals surface area contributed by atoms with Crippen molar-refractivity contribution in [2.75, 3.05) is 7.11 Å². The van der Waals surface area contributed by atoms with Crippen LogP contribution in [0.5, 0.6) is 0 Å². The average Bonchev–Trinajstić information content (AvgIpc) is 2.47. The predicted octanol–water partition coefficient (Wildman–Crippen LogP) is 2.21. The van der Waals surface area contributed by atoms with Crippen molar-refractivity contribution < 1.29 is 23.1 Å². The van der Waals surface area contributed by atoms with E-state index in [1.54, 1.807) is 0 Å². The van der Waals surface area contributed by atoms with Gasteiger partial charge in [0, 0.05) is 0 Å². The number of halogens is 2. The molecule has 6 heteroatoms. The van der Waals surface area contributed by atoms with Crippen LogP contribution in [0.3, 0.4) is 0 Å². The summed E-state index contributed by atoms with van der Waals surface area (Å²) in [6.45, 7) is 3.71. The van der Waals surface area contributed by atoms with Crippen molar-refractivity contribution in [3.63, 3.8) is 0 Å².